The van der Waals surface area contributed by atoms with Gasteiger partial charge in [0.05, 0.1) is 12.1 Å². The molecule has 1 aromatic carbocycles. The minimum absolute atomic E-state index is 0.102. The molecule has 19 heavy (non-hydrogen) atoms. The Morgan fingerprint density at radius 2 is 1.95 bits per heavy atom. The number of carbonyl (C=O) groups is 2. The Morgan fingerprint density at radius 3 is 2.53 bits per heavy atom. The van der Waals surface area contributed by atoms with E-state index in [0.717, 1.165) is 0 Å². The van der Waals surface area contributed by atoms with Crippen LogP contribution >= 0.6 is 0 Å². The first-order valence-corrected chi connectivity index (χ1v) is 5.79. The number of benzene rings is 1. The molecule has 7 nitrogen and oxygen atoms in total. The minimum Gasteiger partial charge on any atom is -0.454 e. The topological polar surface area (TPSA) is 108 Å². The number of ether oxygens (including phenoxy) is 2. The van der Waals surface area contributed by atoms with Crippen LogP contribution in [0.5, 0.6) is 11.5 Å². The molecule has 0 aliphatic carbocycles. The number of carbonyl (C=O) groups excluding carboxylic acids is 2. The van der Waals surface area contributed by atoms with E-state index in [0.29, 0.717) is 18.0 Å². The van der Waals surface area contributed by atoms with Crippen LogP contribution in [0.2, 0.25) is 0 Å². The average molecular weight is 265 g/mol. The third kappa shape index (κ3) is 2.54. The number of likely N-dealkylation sites (N-methyl/N-ethyl adjacent to an activating group) is 1. The molecule has 4 N–H and O–H groups in total. The van der Waals surface area contributed by atoms with E-state index in [-0.39, 0.29) is 30.5 Å². The van der Waals surface area contributed by atoms with Crippen molar-refractivity contribution in [3.8, 4) is 11.5 Å². The fourth-order valence-electron chi connectivity index (χ4n) is 1.83. The lowest BCUT2D eigenvalue weighted by molar-refractivity contribution is -0.118. The molecule has 2 rings (SSSR count). The zero-order valence-corrected chi connectivity index (χ0v) is 10.5. The molecule has 0 fully saturated rings. The van der Waals surface area contributed by atoms with Crippen molar-refractivity contribution in [1.82, 2.24) is 4.90 Å². The second kappa shape index (κ2) is 5.05. The van der Waals surface area contributed by atoms with E-state index in [1.165, 1.54) is 17.0 Å². The number of nitrogen functional groups attached to an aromatic ring is 1. The quantitative estimate of drug-likeness (QED) is 0.742. The molecule has 0 aromatic heterocycles. The highest BCUT2D eigenvalue weighted by molar-refractivity contribution is 6.01. The number of primary amides is 1. The summed E-state index contributed by atoms with van der Waals surface area (Å²) in [4.78, 5) is 24.5. The number of anilines is 1. The van der Waals surface area contributed by atoms with Crippen LogP contribution in [-0.4, -0.2) is 36.6 Å². The van der Waals surface area contributed by atoms with Gasteiger partial charge in [0.25, 0.3) is 5.91 Å². The van der Waals surface area contributed by atoms with Crippen LogP contribution in [-0.2, 0) is 4.79 Å². The van der Waals surface area contributed by atoms with Crippen molar-refractivity contribution in [3.05, 3.63) is 17.7 Å². The fourth-order valence-corrected chi connectivity index (χ4v) is 1.83. The maximum Gasteiger partial charge on any atom is 0.256 e. The number of rotatable bonds is 4. The third-order valence-corrected chi connectivity index (χ3v) is 2.79. The second-order valence-corrected chi connectivity index (χ2v) is 4.08. The predicted molar refractivity (Wildman–Crippen MR) is 67.7 cm³/mol. The van der Waals surface area contributed by atoms with Crippen molar-refractivity contribution in [2.24, 2.45) is 5.73 Å². The van der Waals surface area contributed by atoms with E-state index >= 15 is 0 Å². The van der Waals surface area contributed by atoms with Crippen LogP contribution < -0.4 is 20.9 Å². The highest BCUT2D eigenvalue weighted by atomic mass is 16.7. The van der Waals surface area contributed by atoms with Gasteiger partial charge in [-0.25, -0.2) is 0 Å². The lowest BCUT2D eigenvalue weighted by Crippen LogP contribution is -2.38. The maximum absolute atomic E-state index is 12.3. The van der Waals surface area contributed by atoms with Gasteiger partial charge in [-0.1, -0.05) is 0 Å². The van der Waals surface area contributed by atoms with Gasteiger partial charge in [-0.2, -0.15) is 0 Å². The molecule has 1 heterocycles. The number of amides is 2. The van der Waals surface area contributed by atoms with E-state index in [1.807, 2.05) is 0 Å². The minimum atomic E-state index is -0.575. The summed E-state index contributed by atoms with van der Waals surface area (Å²) in [6, 6.07) is 3.05. The molecule has 0 unspecified atom stereocenters. The van der Waals surface area contributed by atoms with Crippen LogP contribution in [0.3, 0.4) is 0 Å². The predicted octanol–water partition coefficient (Wildman–Crippen LogP) is -0.0551. The second-order valence-electron chi connectivity index (χ2n) is 4.08. The molecule has 102 valence electrons. The molecule has 2 amide bonds. The van der Waals surface area contributed by atoms with Crippen molar-refractivity contribution >= 4 is 17.5 Å². The molecule has 0 spiro atoms. The molecule has 1 aliphatic heterocycles. The number of hydrogen-bond donors (Lipinski definition) is 2. The first-order chi connectivity index (χ1) is 9.02. The van der Waals surface area contributed by atoms with Gasteiger partial charge in [-0.05, 0) is 13.0 Å². The number of nitrogens with two attached hydrogens (primary N) is 2. The smallest absolute Gasteiger partial charge is 0.256 e. The van der Waals surface area contributed by atoms with Gasteiger partial charge in [0, 0.05) is 18.3 Å². The Balaban J connectivity index is 2.30. The zero-order chi connectivity index (χ0) is 14.0. The Morgan fingerprint density at radius 1 is 1.32 bits per heavy atom. The summed E-state index contributed by atoms with van der Waals surface area (Å²) in [5, 5.41) is 0. The maximum atomic E-state index is 12.3. The summed E-state index contributed by atoms with van der Waals surface area (Å²) in [6.45, 7) is 2.06. The van der Waals surface area contributed by atoms with Gasteiger partial charge in [0.15, 0.2) is 11.5 Å². The molecule has 0 atom stereocenters. The molecule has 0 saturated carbocycles. The summed E-state index contributed by atoms with van der Waals surface area (Å²) in [6.07, 6.45) is 0. The number of nitrogens with zero attached hydrogens (tertiary/aromatic N) is 1. The molecule has 0 saturated heterocycles. The Bertz CT molecular complexity index is 530. The summed E-state index contributed by atoms with van der Waals surface area (Å²) in [5.74, 6) is 0.0336. The zero-order valence-electron chi connectivity index (χ0n) is 10.5. The van der Waals surface area contributed by atoms with E-state index < -0.39 is 5.91 Å². The van der Waals surface area contributed by atoms with Crippen LogP contribution in [0.25, 0.3) is 0 Å². The normalized spacial score (nSPS) is 12.3. The molecular weight excluding hydrogens is 250 g/mol. The van der Waals surface area contributed by atoms with Crippen molar-refractivity contribution in [1.29, 1.82) is 0 Å². The fraction of sp³-hybridized carbons (Fsp3) is 0.333. The SMILES string of the molecule is CCN(CC(N)=O)C(=O)c1cc2c(cc1N)OCO2. The summed E-state index contributed by atoms with van der Waals surface area (Å²) in [5.41, 5.74) is 11.5. The number of fused-ring (bicyclic) bond motifs is 1. The Hall–Kier alpha value is -2.44. The van der Waals surface area contributed by atoms with Gasteiger partial charge in [-0.3, -0.25) is 9.59 Å². The van der Waals surface area contributed by atoms with Crippen LogP contribution in [0.1, 0.15) is 17.3 Å². The number of hydrogen-bond acceptors (Lipinski definition) is 5. The summed E-state index contributed by atoms with van der Waals surface area (Å²) >= 11 is 0. The lowest BCUT2D eigenvalue weighted by atomic mass is 10.1. The molecular formula is C12H15N3O4. The van der Waals surface area contributed by atoms with E-state index in [1.54, 1.807) is 6.92 Å². The average Bonchev–Trinajstić information content (AvgIpc) is 2.80. The highest BCUT2D eigenvalue weighted by Crippen LogP contribution is 2.36. The van der Waals surface area contributed by atoms with Crippen LogP contribution in [0.4, 0.5) is 5.69 Å². The van der Waals surface area contributed by atoms with Gasteiger partial charge in [0.1, 0.15) is 0 Å². The van der Waals surface area contributed by atoms with Crippen LogP contribution in [0.15, 0.2) is 12.1 Å². The standard InChI is InChI=1S/C12H15N3O4/c1-2-15(5-11(14)16)12(17)7-3-9-10(4-8(7)13)19-6-18-9/h3-4H,2,5-6,13H2,1H3,(H2,14,16). The highest BCUT2D eigenvalue weighted by Gasteiger charge is 2.23. The van der Waals surface area contributed by atoms with Gasteiger partial charge >= 0.3 is 0 Å². The first-order valence-electron chi connectivity index (χ1n) is 5.79. The van der Waals surface area contributed by atoms with Gasteiger partial charge in [0.2, 0.25) is 12.7 Å². The molecule has 0 radical (unpaired) electrons. The molecule has 1 aromatic rings. The van der Waals surface area contributed by atoms with Crippen molar-refractivity contribution < 1.29 is 19.1 Å². The van der Waals surface area contributed by atoms with Crippen molar-refractivity contribution in [2.45, 2.75) is 6.92 Å². The monoisotopic (exact) mass is 265 g/mol. The van der Waals surface area contributed by atoms with Gasteiger partial charge in [-0.15, -0.1) is 0 Å². The Kier molecular flexibility index (Phi) is 3.46. The van der Waals surface area contributed by atoms with E-state index in [4.69, 9.17) is 20.9 Å². The lowest BCUT2D eigenvalue weighted by Gasteiger charge is -2.20. The largest absolute Gasteiger partial charge is 0.454 e. The first kappa shape index (κ1) is 13.0. The third-order valence-electron chi connectivity index (χ3n) is 2.79. The van der Waals surface area contributed by atoms with E-state index in [2.05, 4.69) is 0 Å². The molecule has 1 aliphatic rings. The van der Waals surface area contributed by atoms with Crippen molar-refractivity contribution in [2.75, 3.05) is 25.6 Å². The molecule has 0 bridgehead atoms. The molecule has 7 heteroatoms. The van der Waals surface area contributed by atoms with Crippen LogP contribution in [0, 0.1) is 0 Å². The van der Waals surface area contributed by atoms with E-state index in [9.17, 15) is 9.59 Å². The van der Waals surface area contributed by atoms with Gasteiger partial charge < -0.3 is 25.8 Å². The summed E-state index contributed by atoms with van der Waals surface area (Å²) < 4.78 is 10.4. The van der Waals surface area contributed by atoms with Crippen molar-refractivity contribution in [3.63, 3.8) is 0 Å². The Labute approximate surface area is 110 Å². The summed E-state index contributed by atoms with van der Waals surface area (Å²) in [7, 11) is 0.